The van der Waals surface area contributed by atoms with Crippen molar-refractivity contribution in [1.82, 2.24) is 4.90 Å². The summed E-state index contributed by atoms with van der Waals surface area (Å²) in [5.74, 6) is 0.214. The first kappa shape index (κ1) is 18.1. The maximum absolute atomic E-state index is 12.7. The quantitative estimate of drug-likeness (QED) is 0.828. The molecule has 0 bridgehead atoms. The highest BCUT2D eigenvalue weighted by molar-refractivity contribution is 5.99. The second kappa shape index (κ2) is 8.63. The van der Waals surface area contributed by atoms with Crippen LogP contribution in [-0.2, 0) is 11.3 Å². The average Bonchev–Trinajstić information content (AvgIpc) is 2.67. The fourth-order valence-corrected chi connectivity index (χ4v) is 3.13. The van der Waals surface area contributed by atoms with E-state index in [-0.39, 0.29) is 18.3 Å². The Kier molecular flexibility index (Phi) is 6.02. The molecular formula is C21H24N2O3. The molecule has 1 saturated heterocycles. The zero-order valence-corrected chi connectivity index (χ0v) is 15.0. The van der Waals surface area contributed by atoms with E-state index in [1.54, 1.807) is 24.3 Å². The smallest absolute Gasteiger partial charge is 0.411 e. The number of amides is 1. The van der Waals surface area contributed by atoms with Crippen LogP contribution in [0.1, 0.15) is 28.8 Å². The summed E-state index contributed by atoms with van der Waals surface area (Å²) in [6, 6.07) is 16.6. The molecule has 0 spiro atoms. The number of benzene rings is 2. The summed E-state index contributed by atoms with van der Waals surface area (Å²) in [7, 11) is 2.08. The van der Waals surface area contributed by atoms with Crippen LogP contribution in [-0.4, -0.2) is 36.9 Å². The van der Waals surface area contributed by atoms with Crippen molar-refractivity contribution in [3.05, 3.63) is 65.7 Å². The predicted octanol–water partition coefficient (Wildman–Crippen LogP) is 3.96. The van der Waals surface area contributed by atoms with Crippen LogP contribution in [0.5, 0.6) is 0 Å². The van der Waals surface area contributed by atoms with Gasteiger partial charge in [-0.1, -0.05) is 42.5 Å². The monoisotopic (exact) mass is 352 g/mol. The first-order valence-electron chi connectivity index (χ1n) is 8.92. The minimum Gasteiger partial charge on any atom is -0.444 e. The maximum atomic E-state index is 12.7. The van der Waals surface area contributed by atoms with Gasteiger partial charge in [-0.05, 0) is 50.7 Å². The lowest BCUT2D eigenvalue weighted by Crippen LogP contribution is -2.33. The molecule has 2 aromatic rings. The number of rotatable bonds is 5. The van der Waals surface area contributed by atoms with Crippen molar-refractivity contribution >= 4 is 17.6 Å². The lowest BCUT2D eigenvalue weighted by atomic mass is 9.89. The lowest BCUT2D eigenvalue weighted by molar-refractivity contribution is 0.0856. The van der Waals surface area contributed by atoms with Gasteiger partial charge in [0.05, 0.1) is 0 Å². The van der Waals surface area contributed by atoms with Gasteiger partial charge >= 0.3 is 6.09 Å². The number of hydrogen-bond acceptors (Lipinski definition) is 4. The summed E-state index contributed by atoms with van der Waals surface area (Å²) in [4.78, 5) is 26.9. The number of ketones is 1. The van der Waals surface area contributed by atoms with E-state index in [4.69, 9.17) is 4.74 Å². The summed E-state index contributed by atoms with van der Waals surface area (Å²) in [6.45, 7) is 2.10. The van der Waals surface area contributed by atoms with Gasteiger partial charge in [-0.2, -0.15) is 0 Å². The number of piperidine rings is 1. The number of carbonyl (C=O) groups excluding carboxylic acids is 2. The van der Waals surface area contributed by atoms with Gasteiger partial charge in [0.1, 0.15) is 6.61 Å². The van der Waals surface area contributed by atoms with Gasteiger partial charge in [0.15, 0.2) is 5.78 Å². The molecule has 0 unspecified atom stereocenters. The molecule has 0 saturated carbocycles. The second-order valence-electron chi connectivity index (χ2n) is 6.71. The van der Waals surface area contributed by atoms with E-state index in [9.17, 15) is 9.59 Å². The molecule has 1 aliphatic rings. The number of Topliss-reactive ketones (excluding diaryl/α,β-unsaturated/α-hetero) is 1. The highest BCUT2D eigenvalue weighted by atomic mass is 16.5. The Labute approximate surface area is 154 Å². The molecule has 1 fully saturated rings. The van der Waals surface area contributed by atoms with E-state index >= 15 is 0 Å². The van der Waals surface area contributed by atoms with Gasteiger partial charge in [-0.15, -0.1) is 0 Å². The third-order valence-electron chi connectivity index (χ3n) is 4.70. The SMILES string of the molecule is CN1CCC(C(=O)c2cccc(NC(=O)OCc3ccccc3)c2)CC1. The average molecular weight is 352 g/mol. The molecule has 0 radical (unpaired) electrons. The predicted molar refractivity (Wildman–Crippen MR) is 101 cm³/mol. The molecule has 0 atom stereocenters. The van der Waals surface area contributed by atoms with Crippen LogP contribution in [0.2, 0.25) is 0 Å². The van der Waals surface area contributed by atoms with Gasteiger partial charge in [0.2, 0.25) is 0 Å². The van der Waals surface area contributed by atoms with Crippen LogP contribution < -0.4 is 5.32 Å². The number of hydrogen-bond donors (Lipinski definition) is 1. The standard InChI is InChI=1S/C21H24N2O3/c1-23-12-10-17(11-13-23)20(24)18-8-5-9-19(14-18)22-21(25)26-15-16-6-3-2-4-7-16/h2-9,14,17H,10-13,15H2,1H3,(H,22,25). The van der Waals surface area contributed by atoms with Gasteiger partial charge < -0.3 is 9.64 Å². The van der Waals surface area contributed by atoms with Crippen LogP contribution in [0.4, 0.5) is 10.5 Å². The summed E-state index contributed by atoms with van der Waals surface area (Å²) < 4.78 is 5.22. The van der Waals surface area contributed by atoms with Gasteiger partial charge in [-0.3, -0.25) is 10.1 Å². The Morgan fingerprint density at radius 1 is 1.08 bits per heavy atom. The molecule has 1 aliphatic heterocycles. The summed E-state index contributed by atoms with van der Waals surface area (Å²) in [5, 5.41) is 2.70. The minimum absolute atomic E-state index is 0.0616. The van der Waals surface area contributed by atoms with Crippen molar-refractivity contribution in [2.24, 2.45) is 5.92 Å². The molecule has 0 aliphatic carbocycles. The van der Waals surface area contributed by atoms with Crippen LogP contribution >= 0.6 is 0 Å². The fraction of sp³-hybridized carbons (Fsp3) is 0.333. The Hall–Kier alpha value is -2.66. The molecule has 1 N–H and O–H groups in total. The lowest BCUT2D eigenvalue weighted by Gasteiger charge is -2.28. The van der Waals surface area contributed by atoms with Crippen molar-refractivity contribution in [3.63, 3.8) is 0 Å². The van der Waals surface area contributed by atoms with Gasteiger partial charge in [0, 0.05) is 17.2 Å². The first-order valence-corrected chi connectivity index (χ1v) is 8.92. The maximum Gasteiger partial charge on any atom is 0.411 e. The molecule has 26 heavy (non-hydrogen) atoms. The zero-order valence-electron chi connectivity index (χ0n) is 15.0. The number of nitrogens with one attached hydrogen (secondary N) is 1. The Morgan fingerprint density at radius 2 is 1.81 bits per heavy atom. The Balaban J connectivity index is 1.56. The summed E-state index contributed by atoms with van der Waals surface area (Å²) in [5.41, 5.74) is 2.14. The number of nitrogens with zero attached hydrogens (tertiary/aromatic N) is 1. The highest BCUT2D eigenvalue weighted by Gasteiger charge is 2.24. The normalized spacial score (nSPS) is 15.4. The van der Waals surface area contributed by atoms with E-state index in [1.807, 2.05) is 30.3 Å². The van der Waals surface area contributed by atoms with E-state index < -0.39 is 6.09 Å². The van der Waals surface area contributed by atoms with E-state index in [0.29, 0.717) is 11.3 Å². The largest absolute Gasteiger partial charge is 0.444 e. The number of ether oxygens (including phenoxy) is 1. The number of carbonyl (C=O) groups is 2. The highest BCUT2D eigenvalue weighted by Crippen LogP contribution is 2.22. The van der Waals surface area contributed by atoms with Crippen LogP contribution in [0.25, 0.3) is 0 Å². The molecular weight excluding hydrogens is 328 g/mol. The number of likely N-dealkylation sites (tertiary alicyclic amines) is 1. The molecule has 1 amide bonds. The van der Waals surface area contributed by atoms with E-state index in [0.717, 1.165) is 31.5 Å². The third kappa shape index (κ3) is 4.92. The fourth-order valence-electron chi connectivity index (χ4n) is 3.13. The van der Waals surface area contributed by atoms with Gasteiger partial charge in [-0.25, -0.2) is 4.79 Å². The number of anilines is 1. The van der Waals surface area contributed by atoms with Crippen LogP contribution in [0, 0.1) is 5.92 Å². The van der Waals surface area contributed by atoms with Crippen LogP contribution in [0.3, 0.4) is 0 Å². The zero-order chi connectivity index (χ0) is 18.4. The minimum atomic E-state index is -0.530. The van der Waals surface area contributed by atoms with Crippen molar-refractivity contribution in [1.29, 1.82) is 0 Å². The van der Waals surface area contributed by atoms with Crippen molar-refractivity contribution < 1.29 is 14.3 Å². The van der Waals surface area contributed by atoms with E-state index in [1.165, 1.54) is 0 Å². The molecule has 0 aromatic heterocycles. The molecule has 5 heteroatoms. The molecule has 1 heterocycles. The third-order valence-corrected chi connectivity index (χ3v) is 4.70. The second-order valence-corrected chi connectivity index (χ2v) is 6.71. The summed E-state index contributed by atoms with van der Waals surface area (Å²) >= 11 is 0. The van der Waals surface area contributed by atoms with Crippen LogP contribution in [0.15, 0.2) is 54.6 Å². The molecule has 2 aromatic carbocycles. The van der Waals surface area contributed by atoms with E-state index in [2.05, 4.69) is 17.3 Å². The van der Waals surface area contributed by atoms with Crippen molar-refractivity contribution in [3.8, 4) is 0 Å². The van der Waals surface area contributed by atoms with Crippen molar-refractivity contribution in [2.45, 2.75) is 19.4 Å². The van der Waals surface area contributed by atoms with Crippen molar-refractivity contribution in [2.75, 3.05) is 25.5 Å². The Bertz CT molecular complexity index is 753. The molecule has 3 rings (SSSR count). The molecule has 136 valence electrons. The summed E-state index contributed by atoms with van der Waals surface area (Å²) in [6.07, 6.45) is 1.23. The van der Waals surface area contributed by atoms with Gasteiger partial charge in [0.25, 0.3) is 0 Å². The molecule has 5 nitrogen and oxygen atoms in total. The first-order chi connectivity index (χ1) is 12.6. The topological polar surface area (TPSA) is 58.6 Å². The Morgan fingerprint density at radius 3 is 2.54 bits per heavy atom.